The highest BCUT2D eigenvalue weighted by molar-refractivity contribution is 7.92. The molecule has 3 N–H and O–H groups in total. The maximum atomic E-state index is 12.8. The lowest BCUT2D eigenvalue weighted by Crippen LogP contribution is -2.13. The van der Waals surface area contributed by atoms with Crippen molar-refractivity contribution in [2.24, 2.45) is 5.73 Å². The van der Waals surface area contributed by atoms with Crippen molar-refractivity contribution in [3.63, 3.8) is 0 Å². The minimum atomic E-state index is -3.72. The normalized spacial score (nSPS) is 11.1. The zero-order valence-electron chi connectivity index (χ0n) is 11.1. The van der Waals surface area contributed by atoms with E-state index < -0.39 is 15.8 Å². The van der Waals surface area contributed by atoms with E-state index in [1.54, 1.807) is 12.1 Å². The van der Waals surface area contributed by atoms with Crippen molar-refractivity contribution in [3.8, 4) is 5.75 Å². The summed E-state index contributed by atoms with van der Waals surface area (Å²) < 4.78 is 44.7. The van der Waals surface area contributed by atoms with Crippen molar-refractivity contribution in [1.29, 1.82) is 0 Å². The molecule has 2 aromatic carbocycles. The highest BCUT2D eigenvalue weighted by Crippen LogP contribution is 2.19. The van der Waals surface area contributed by atoms with E-state index in [2.05, 4.69) is 4.72 Å². The molecule has 0 bridgehead atoms. The van der Waals surface area contributed by atoms with Gasteiger partial charge in [-0.15, -0.1) is 0 Å². The molecule has 0 spiro atoms. The minimum absolute atomic E-state index is 0.0897. The van der Waals surface area contributed by atoms with Gasteiger partial charge in [-0.2, -0.15) is 0 Å². The molecule has 0 unspecified atom stereocenters. The highest BCUT2D eigenvalue weighted by Gasteiger charge is 2.14. The SMILES string of the molecule is NCCOc1ccc(S(=O)(=O)Nc2ccc(F)cc2)cc1. The summed E-state index contributed by atoms with van der Waals surface area (Å²) in [5.74, 6) is 0.112. The van der Waals surface area contributed by atoms with Crippen molar-refractivity contribution in [2.45, 2.75) is 4.90 Å². The van der Waals surface area contributed by atoms with Gasteiger partial charge in [-0.3, -0.25) is 4.72 Å². The van der Waals surface area contributed by atoms with Crippen LogP contribution in [0.2, 0.25) is 0 Å². The molecule has 0 saturated heterocycles. The number of anilines is 1. The first-order valence-corrected chi connectivity index (χ1v) is 7.71. The number of nitrogens with two attached hydrogens (primary N) is 1. The van der Waals surface area contributed by atoms with E-state index >= 15 is 0 Å². The maximum absolute atomic E-state index is 12.8. The number of hydrogen-bond donors (Lipinski definition) is 2. The summed E-state index contributed by atoms with van der Waals surface area (Å²) in [6.45, 7) is 0.742. The predicted molar refractivity (Wildman–Crippen MR) is 78.2 cm³/mol. The zero-order chi connectivity index (χ0) is 15.3. The fourth-order valence-electron chi connectivity index (χ4n) is 1.62. The summed E-state index contributed by atoms with van der Waals surface area (Å²) in [5, 5.41) is 0. The summed E-state index contributed by atoms with van der Waals surface area (Å²) >= 11 is 0. The number of hydrogen-bond acceptors (Lipinski definition) is 4. The Balaban J connectivity index is 2.13. The van der Waals surface area contributed by atoms with Crippen LogP contribution in [-0.2, 0) is 10.0 Å². The van der Waals surface area contributed by atoms with Gasteiger partial charge in [-0.25, -0.2) is 12.8 Å². The van der Waals surface area contributed by atoms with Gasteiger partial charge in [0.2, 0.25) is 0 Å². The minimum Gasteiger partial charge on any atom is -0.492 e. The monoisotopic (exact) mass is 310 g/mol. The van der Waals surface area contributed by atoms with Crippen LogP contribution in [0.4, 0.5) is 10.1 Å². The van der Waals surface area contributed by atoms with E-state index in [4.69, 9.17) is 10.5 Å². The Kier molecular flexibility index (Phi) is 4.77. The summed E-state index contributed by atoms with van der Waals surface area (Å²) in [6, 6.07) is 11.0. The molecular weight excluding hydrogens is 295 g/mol. The van der Waals surface area contributed by atoms with Gasteiger partial charge in [-0.1, -0.05) is 0 Å². The van der Waals surface area contributed by atoms with Gasteiger partial charge in [0.05, 0.1) is 4.90 Å². The fourth-order valence-corrected chi connectivity index (χ4v) is 2.68. The predicted octanol–water partition coefficient (Wildman–Crippen LogP) is 1.96. The lowest BCUT2D eigenvalue weighted by Gasteiger charge is -2.09. The van der Waals surface area contributed by atoms with Crippen molar-refractivity contribution < 1.29 is 17.5 Å². The van der Waals surface area contributed by atoms with E-state index in [1.807, 2.05) is 0 Å². The van der Waals surface area contributed by atoms with E-state index in [9.17, 15) is 12.8 Å². The van der Waals surface area contributed by atoms with Crippen LogP contribution in [0.5, 0.6) is 5.75 Å². The molecule has 7 heteroatoms. The molecule has 2 rings (SSSR count). The number of halogens is 1. The van der Waals surface area contributed by atoms with Crippen LogP contribution in [-0.4, -0.2) is 21.6 Å². The molecule has 0 aliphatic carbocycles. The first-order chi connectivity index (χ1) is 10.0. The zero-order valence-corrected chi connectivity index (χ0v) is 11.9. The third-order valence-electron chi connectivity index (χ3n) is 2.62. The second-order valence-electron chi connectivity index (χ2n) is 4.22. The van der Waals surface area contributed by atoms with Gasteiger partial charge in [0.25, 0.3) is 10.0 Å². The van der Waals surface area contributed by atoms with Gasteiger partial charge in [0.15, 0.2) is 0 Å². The average Bonchev–Trinajstić information content (AvgIpc) is 2.48. The molecule has 5 nitrogen and oxygen atoms in total. The van der Waals surface area contributed by atoms with Gasteiger partial charge in [0.1, 0.15) is 18.2 Å². The van der Waals surface area contributed by atoms with Crippen LogP contribution in [0.25, 0.3) is 0 Å². The molecule has 0 fully saturated rings. The second kappa shape index (κ2) is 6.55. The number of benzene rings is 2. The molecule has 112 valence electrons. The van der Waals surface area contributed by atoms with Gasteiger partial charge < -0.3 is 10.5 Å². The molecule has 0 atom stereocenters. The Hall–Kier alpha value is -2.12. The Morgan fingerprint density at radius 1 is 1.05 bits per heavy atom. The van der Waals surface area contributed by atoms with E-state index in [-0.39, 0.29) is 4.90 Å². The highest BCUT2D eigenvalue weighted by atomic mass is 32.2. The van der Waals surface area contributed by atoms with Crippen LogP contribution in [0.3, 0.4) is 0 Å². The topological polar surface area (TPSA) is 81.4 Å². The van der Waals surface area contributed by atoms with Crippen LogP contribution in [0.15, 0.2) is 53.4 Å². The van der Waals surface area contributed by atoms with Crippen molar-refractivity contribution in [3.05, 3.63) is 54.3 Å². The third-order valence-corrected chi connectivity index (χ3v) is 4.01. The molecule has 0 amide bonds. The molecule has 0 aliphatic heterocycles. The lowest BCUT2D eigenvalue weighted by atomic mass is 10.3. The molecule has 0 aromatic heterocycles. The maximum Gasteiger partial charge on any atom is 0.261 e. The number of nitrogens with one attached hydrogen (secondary N) is 1. The number of rotatable bonds is 6. The summed E-state index contributed by atoms with van der Waals surface area (Å²) in [4.78, 5) is 0.0897. The molecule has 0 radical (unpaired) electrons. The molecule has 0 heterocycles. The van der Waals surface area contributed by atoms with Crippen LogP contribution >= 0.6 is 0 Å². The van der Waals surface area contributed by atoms with E-state index in [1.165, 1.54) is 36.4 Å². The Bertz CT molecular complexity index is 685. The molecule has 0 saturated carbocycles. The fraction of sp³-hybridized carbons (Fsp3) is 0.143. The van der Waals surface area contributed by atoms with Gasteiger partial charge >= 0.3 is 0 Å². The first kappa shape index (κ1) is 15.3. The lowest BCUT2D eigenvalue weighted by molar-refractivity contribution is 0.328. The van der Waals surface area contributed by atoms with Crippen molar-refractivity contribution in [1.82, 2.24) is 0 Å². The van der Waals surface area contributed by atoms with E-state index in [0.29, 0.717) is 24.6 Å². The molecular formula is C14H15FN2O3S. The first-order valence-electron chi connectivity index (χ1n) is 6.22. The van der Waals surface area contributed by atoms with Crippen molar-refractivity contribution >= 4 is 15.7 Å². The number of sulfonamides is 1. The quantitative estimate of drug-likeness (QED) is 0.854. The average molecular weight is 310 g/mol. The summed E-state index contributed by atoms with van der Waals surface area (Å²) in [5.41, 5.74) is 5.61. The van der Waals surface area contributed by atoms with Crippen molar-refractivity contribution in [2.75, 3.05) is 17.9 Å². The smallest absolute Gasteiger partial charge is 0.261 e. The Morgan fingerprint density at radius 2 is 1.67 bits per heavy atom. The summed E-state index contributed by atoms with van der Waals surface area (Å²) in [7, 11) is -3.72. The molecule has 21 heavy (non-hydrogen) atoms. The third kappa shape index (κ3) is 4.17. The standard InChI is InChI=1S/C14H15FN2O3S/c15-11-1-3-12(4-2-11)17-21(18,19)14-7-5-13(6-8-14)20-10-9-16/h1-8,17H,9-10,16H2. The van der Waals surface area contributed by atoms with Gasteiger partial charge in [-0.05, 0) is 48.5 Å². The Labute approximate surface area is 122 Å². The second-order valence-corrected chi connectivity index (χ2v) is 5.90. The molecule has 0 aliphatic rings. The Morgan fingerprint density at radius 3 is 2.24 bits per heavy atom. The molecule has 2 aromatic rings. The largest absolute Gasteiger partial charge is 0.492 e. The van der Waals surface area contributed by atoms with Crippen LogP contribution in [0, 0.1) is 5.82 Å². The number of ether oxygens (including phenoxy) is 1. The van der Waals surface area contributed by atoms with Crippen LogP contribution < -0.4 is 15.2 Å². The van der Waals surface area contributed by atoms with E-state index in [0.717, 1.165) is 0 Å². The summed E-state index contributed by atoms with van der Waals surface area (Å²) in [6.07, 6.45) is 0. The van der Waals surface area contributed by atoms with Gasteiger partial charge in [0, 0.05) is 12.2 Å². The van der Waals surface area contributed by atoms with Crippen LogP contribution in [0.1, 0.15) is 0 Å².